The summed E-state index contributed by atoms with van der Waals surface area (Å²) in [6.07, 6.45) is -2.02. The highest BCUT2D eigenvalue weighted by molar-refractivity contribution is 5.25. The van der Waals surface area contributed by atoms with Crippen LogP contribution in [-0.4, -0.2) is 55.7 Å². The van der Waals surface area contributed by atoms with Crippen LogP contribution in [-0.2, 0) is 23.9 Å². The molecular weight excluding hydrogens is 389 g/mol. The SMILES string of the molecule is Cc1ccc(CCCN2CCN(CCOCc3cccc(C(F)(F)F)c3)CC2)cc1. The molecule has 0 N–H and O–H groups in total. The highest BCUT2D eigenvalue weighted by Gasteiger charge is 2.30. The molecule has 0 saturated carbocycles. The average Bonchev–Trinajstić information content (AvgIpc) is 2.73. The van der Waals surface area contributed by atoms with Crippen LogP contribution in [0.15, 0.2) is 48.5 Å². The van der Waals surface area contributed by atoms with Crippen LogP contribution in [0.25, 0.3) is 0 Å². The second-order valence-electron chi connectivity index (χ2n) is 8.02. The lowest BCUT2D eigenvalue weighted by atomic mass is 10.1. The van der Waals surface area contributed by atoms with Crippen molar-refractivity contribution in [3.8, 4) is 0 Å². The molecule has 6 heteroatoms. The van der Waals surface area contributed by atoms with Crippen molar-refractivity contribution in [2.45, 2.75) is 32.5 Å². The summed E-state index contributed by atoms with van der Waals surface area (Å²) in [7, 11) is 0. The van der Waals surface area contributed by atoms with E-state index in [1.807, 2.05) is 0 Å². The van der Waals surface area contributed by atoms with E-state index in [-0.39, 0.29) is 6.61 Å². The highest BCUT2D eigenvalue weighted by Crippen LogP contribution is 2.29. The number of benzene rings is 2. The molecule has 0 amide bonds. The molecule has 1 saturated heterocycles. The van der Waals surface area contributed by atoms with Crippen molar-refractivity contribution in [3.05, 3.63) is 70.8 Å². The molecule has 0 atom stereocenters. The van der Waals surface area contributed by atoms with Crippen molar-refractivity contribution in [3.63, 3.8) is 0 Å². The molecule has 3 nitrogen and oxygen atoms in total. The molecule has 3 rings (SSSR count). The van der Waals surface area contributed by atoms with Crippen LogP contribution in [0.4, 0.5) is 13.2 Å². The van der Waals surface area contributed by atoms with Gasteiger partial charge in [0.05, 0.1) is 18.8 Å². The van der Waals surface area contributed by atoms with Gasteiger partial charge in [-0.3, -0.25) is 4.90 Å². The van der Waals surface area contributed by atoms with Crippen LogP contribution >= 0.6 is 0 Å². The number of aryl methyl sites for hydroxylation is 2. The van der Waals surface area contributed by atoms with Crippen LogP contribution in [0, 0.1) is 6.92 Å². The standard InChI is InChI=1S/C24H31F3N2O/c1-20-7-9-21(10-8-20)5-3-11-28-12-14-29(15-13-28)16-17-30-19-22-4-2-6-23(18-22)24(25,26)27/h2,4,6-10,18H,3,5,11-17,19H2,1H3. The number of hydrogen-bond acceptors (Lipinski definition) is 3. The van der Waals surface area contributed by atoms with Gasteiger partial charge in [-0.15, -0.1) is 0 Å². The smallest absolute Gasteiger partial charge is 0.375 e. The largest absolute Gasteiger partial charge is 0.416 e. The Morgan fingerprint density at radius 2 is 1.53 bits per heavy atom. The summed E-state index contributed by atoms with van der Waals surface area (Å²) in [6, 6.07) is 14.1. The van der Waals surface area contributed by atoms with Crippen molar-refractivity contribution in [2.75, 3.05) is 45.9 Å². The maximum absolute atomic E-state index is 12.8. The van der Waals surface area contributed by atoms with Gasteiger partial charge in [0, 0.05) is 32.7 Å². The van der Waals surface area contributed by atoms with Crippen LogP contribution in [0.1, 0.15) is 28.7 Å². The summed E-state index contributed by atoms with van der Waals surface area (Å²) in [4.78, 5) is 4.87. The zero-order chi connectivity index (χ0) is 21.4. The van der Waals surface area contributed by atoms with Crippen molar-refractivity contribution < 1.29 is 17.9 Å². The number of hydrogen-bond donors (Lipinski definition) is 0. The Bertz CT molecular complexity index is 769. The van der Waals surface area contributed by atoms with Gasteiger partial charge in [0.15, 0.2) is 0 Å². The van der Waals surface area contributed by atoms with Gasteiger partial charge in [-0.25, -0.2) is 0 Å². The average molecular weight is 421 g/mol. The Morgan fingerprint density at radius 1 is 0.867 bits per heavy atom. The molecule has 1 aliphatic rings. The number of rotatable bonds is 9. The normalized spacial score (nSPS) is 16.1. The molecule has 0 bridgehead atoms. The fourth-order valence-electron chi connectivity index (χ4n) is 3.72. The minimum absolute atomic E-state index is 0.211. The number of ether oxygens (including phenoxy) is 1. The van der Waals surface area contributed by atoms with Gasteiger partial charge in [0.25, 0.3) is 0 Å². The van der Waals surface area contributed by atoms with Crippen molar-refractivity contribution in [1.29, 1.82) is 0 Å². The molecule has 0 unspecified atom stereocenters. The minimum Gasteiger partial charge on any atom is -0.375 e. The Balaban J connectivity index is 1.27. The number of halogens is 3. The topological polar surface area (TPSA) is 15.7 Å². The summed E-state index contributed by atoms with van der Waals surface area (Å²) < 4.78 is 43.9. The molecular formula is C24H31F3N2O. The second-order valence-corrected chi connectivity index (χ2v) is 8.02. The quantitative estimate of drug-likeness (QED) is 0.543. The summed E-state index contributed by atoms with van der Waals surface area (Å²) in [5.41, 5.74) is 2.64. The fraction of sp³-hybridized carbons (Fsp3) is 0.500. The molecule has 30 heavy (non-hydrogen) atoms. The predicted octanol–water partition coefficient (Wildman–Crippen LogP) is 4.78. The highest BCUT2D eigenvalue weighted by atomic mass is 19.4. The summed E-state index contributed by atoms with van der Waals surface area (Å²) in [6.45, 7) is 8.92. The van der Waals surface area contributed by atoms with Crippen molar-refractivity contribution in [2.24, 2.45) is 0 Å². The van der Waals surface area contributed by atoms with Crippen LogP contribution in [0.2, 0.25) is 0 Å². The second kappa shape index (κ2) is 10.9. The fourth-order valence-corrected chi connectivity index (χ4v) is 3.72. The van der Waals surface area contributed by atoms with Crippen molar-refractivity contribution >= 4 is 0 Å². The minimum atomic E-state index is -4.31. The summed E-state index contributed by atoms with van der Waals surface area (Å²) in [5, 5.41) is 0. The van der Waals surface area contributed by atoms with Gasteiger partial charge in [-0.1, -0.05) is 42.0 Å². The van der Waals surface area contributed by atoms with Crippen molar-refractivity contribution in [1.82, 2.24) is 9.80 Å². The third-order valence-electron chi connectivity index (χ3n) is 5.60. The van der Waals surface area contributed by atoms with Gasteiger partial charge in [0.1, 0.15) is 0 Å². The zero-order valence-corrected chi connectivity index (χ0v) is 17.6. The first kappa shape index (κ1) is 22.8. The van der Waals surface area contributed by atoms with Gasteiger partial charge < -0.3 is 9.64 Å². The third-order valence-corrected chi connectivity index (χ3v) is 5.60. The molecule has 1 aliphatic heterocycles. The molecule has 1 fully saturated rings. The van der Waals surface area contributed by atoms with Gasteiger partial charge in [-0.05, 0) is 49.6 Å². The molecule has 164 valence electrons. The lowest BCUT2D eigenvalue weighted by molar-refractivity contribution is -0.137. The molecule has 2 aromatic carbocycles. The molecule has 0 aliphatic carbocycles. The molecule has 0 aromatic heterocycles. The van der Waals surface area contributed by atoms with E-state index >= 15 is 0 Å². The van der Waals surface area contributed by atoms with E-state index in [2.05, 4.69) is 41.0 Å². The van der Waals surface area contributed by atoms with E-state index in [9.17, 15) is 13.2 Å². The Hall–Kier alpha value is -1.89. The zero-order valence-electron chi connectivity index (χ0n) is 17.6. The van der Waals surface area contributed by atoms with Crippen LogP contribution < -0.4 is 0 Å². The van der Waals surface area contributed by atoms with Gasteiger partial charge in [-0.2, -0.15) is 13.2 Å². The molecule has 1 heterocycles. The lowest BCUT2D eigenvalue weighted by Gasteiger charge is -2.34. The van der Waals surface area contributed by atoms with E-state index in [1.54, 1.807) is 6.07 Å². The van der Waals surface area contributed by atoms with E-state index in [1.165, 1.54) is 23.6 Å². The molecule has 0 radical (unpaired) electrons. The van der Waals surface area contributed by atoms with Crippen LogP contribution in [0.3, 0.4) is 0 Å². The first-order valence-electron chi connectivity index (χ1n) is 10.6. The first-order chi connectivity index (χ1) is 14.4. The predicted molar refractivity (Wildman–Crippen MR) is 113 cm³/mol. The van der Waals surface area contributed by atoms with Crippen LogP contribution in [0.5, 0.6) is 0 Å². The molecule has 0 spiro atoms. The Morgan fingerprint density at radius 3 is 2.20 bits per heavy atom. The summed E-state index contributed by atoms with van der Waals surface area (Å²) >= 11 is 0. The summed E-state index contributed by atoms with van der Waals surface area (Å²) in [5.74, 6) is 0. The Kier molecular flexibility index (Phi) is 8.31. The lowest BCUT2D eigenvalue weighted by Crippen LogP contribution is -2.47. The van der Waals surface area contributed by atoms with E-state index in [0.29, 0.717) is 12.2 Å². The van der Waals surface area contributed by atoms with Gasteiger partial charge in [0.2, 0.25) is 0 Å². The van der Waals surface area contributed by atoms with E-state index in [4.69, 9.17) is 4.74 Å². The maximum Gasteiger partial charge on any atom is 0.416 e. The maximum atomic E-state index is 12.8. The van der Waals surface area contributed by atoms with E-state index < -0.39 is 11.7 Å². The Labute approximate surface area is 177 Å². The number of piperazine rings is 1. The number of alkyl halides is 3. The third kappa shape index (κ3) is 7.42. The first-order valence-corrected chi connectivity index (χ1v) is 10.6. The monoisotopic (exact) mass is 420 g/mol. The molecule has 2 aromatic rings. The number of nitrogens with zero attached hydrogens (tertiary/aromatic N) is 2. The van der Waals surface area contributed by atoms with E-state index in [0.717, 1.165) is 57.8 Å². The van der Waals surface area contributed by atoms with Gasteiger partial charge >= 0.3 is 6.18 Å².